The molecule has 0 atom stereocenters. The number of nitrogens with zero attached hydrogens (tertiary/aromatic N) is 4. The Morgan fingerprint density at radius 1 is 0.327 bits per heavy atom. The van der Waals surface area contributed by atoms with Crippen LogP contribution >= 0.6 is 0 Å². The van der Waals surface area contributed by atoms with Gasteiger partial charge in [0.25, 0.3) is 0 Å². The summed E-state index contributed by atoms with van der Waals surface area (Å²) < 4.78 is 55.3. The van der Waals surface area contributed by atoms with Crippen molar-refractivity contribution in [3.05, 3.63) is 194 Å². The van der Waals surface area contributed by atoms with Crippen LogP contribution in [0.25, 0.3) is 105 Å². The summed E-state index contributed by atoms with van der Waals surface area (Å²) in [5.74, 6) is 1.38. The fraction of sp³-hybridized carbons (Fsp3) is 0. The van der Waals surface area contributed by atoms with Crippen LogP contribution in [-0.4, -0.2) is 19.5 Å². The van der Waals surface area contributed by atoms with Gasteiger partial charge in [-0.2, -0.15) is 0 Å². The Morgan fingerprint density at radius 2 is 0.782 bits per heavy atom. The molecule has 55 heavy (non-hydrogen) atoms. The molecule has 0 saturated carbocycles. The molecule has 2 aromatic heterocycles. The Labute approximate surface area is 326 Å². The van der Waals surface area contributed by atoms with Gasteiger partial charge in [-0.05, 0) is 79.8 Å². The monoisotopic (exact) mass is 706 g/mol. The van der Waals surface area contributed by atoms with Gasteiger partial charge in [0.15, 0.2) is 17.5 Å². The summed E-state index contributed by atoms with van der Waals surface area (Å²) in [5, 5.41) is 7.19. The number of para-hydroxylation sites is 2. The van der Waals surface area contributed by atoms with Crippen LogP contribution in [0.2, 0.25) is 0 Å². The summed E-state index contributed by atoms with van der Waals surface area (Å²) in [6, 6.07) is 50.6. The van der Waals surface area contributed by atoms with E-state index in [4.69, 9.17) is 20.4 Å². The lowest BCUT2D eigenvalue weighted by atomic mass is 9.91. The molecule has 0 N–H and O–H groups in total. The lowest BCUT2D eigenvalue weighted by Crippen LogP contribution is -2.01. The lowest BCUT2D eigenvalue weighted by Gasteiger charge is -2.15. The highest BCUT2D eigenvalue weighted by Crippen LogP contribution is 2.40. The maximum absolute atomic E-state index is 9.21. The fourth-order valence-electron chi connectivity index (χ4n) is 7.83. The third-order valence-electron chi connectivity index (χ3n) is 10.3. The van der Waals surface area contributed by atoms with Crippen LogP contribution in [0, 0.1) is 0 Å². The maximum Gasteiger partial charge on any atom is 0.164 e. The minimum Gasteiger partial charge on any atom is -0.309 e. The molecule has 4 heteroatoms. The van der Waals surface area contributed by atoms with E-state index in [0.29, 0.717) is 28.7 Å². The zero-order valence-corrected chi connectivity index (χ0v) is 29.3. The third kappa shape index (κ3) is 5.19. The van der Waals surface area contributed by atoms with E-state index in [-0.39, 0.29) is 58.1 Å². The molecule has 0 aliphatic rings. The molecule has 0 saturated heterocycles. The summed E-state index contributed by atoms with van der Waals surface area (Å²) >= 11 is 0. The largest absolute Gasteiger partial charge is 0.309 e. The zero-order chi connectivity index (χ0) is 41.5. The number of benzene rings is 9. The van der Waals surface area contributed by atoms with Gasteiger partial charge in [-0.25, -0.2) is 15.0 Å². The molecule has 0 aliphatic heterocycles. The molecule has 11 aromatic rings. The molecule has 0 radical (unpaired) electrons. The van der Waals surface area contributed by atoms with E-state index in [1.807, 2.05) is 78.9 Å². The summed E-state index contributed by atoms with van der Waals surface area (Å²) in [7, 11) is 0. The molecular formula is C51H32N4. The van der Waals surface area contributed by atoms with Crippen molar-refractivity contribution in [2.45, 2.75) is 0 Å². The molecule has 0 unspecified atom stereocenters. The predicted molar refractivity (Wildman–Crippen MR) is 228 cm³/mol. The van der Waals surface area contributed by atoms with E-state index in [1.54, 1.807) is 4.57 Å². The quantitative estimate of drug-likeness (QED) is 0.167. The summed E-state index contributed by atoms with van der Waals surface area (Å²) in [6.07, 6.45) is 0. The van der Waals surface area contributed by atoms with Crippen LogP contribution in [0.15, 0.2) is 194 Å². The molecule has 2 heterocycles. The van der Waals surface area contributed by atoms with E-state index in [0.717, 1.165) is 49.2 Å². The highest BCUT2D eigenvalue weighted by Gasteiger charge is 2.18. The Balaban J connectivity index is 1.26. The molecular weight excluding hydrogens is 669 g/mol. The van der Waals surface area contributed by atoms with Gasteiger partial charge in [0.05, 0.1) is 19.3 Å². The van der Waals surface area contributed by atoms with E-state index in [1.165, 1.54) is 17.5 Å². The van der Waals surface area contributed by atoms with Crippen molar-refractivity contribution in [2.24, 2.45) is 0 Å². The van der Waals surface area contributed by atoms with Crippen LogP contribution in [0.5, 0.6) is 0 Å². The molecule has 256 valence electrons. The first-order valence-corrected chi connectivity index (χ1v) is 18.1. The van der Waals surface area contributed by atoms with Crippen LogP contribution < -0.4 is 0 Å². The summed E-state index contributed by atoms with van der Waals surface area (Å²) in [5.41, 5.74) is 5.05. The molecule has 11 rings (SSSR count). The van der Waals surface area contributed by atoms with Crippen LogP contribution in [0.4, 0.5) is 0 Å². The maximum atomic E-state index is 9.21. The van der Waals surface area contributed by atoms with E-state index in [2.05, 4.69) is 66.7 Å². The van der Waals surface area contributed by atoms with Gasteiger partial charge in [0, 0.05) is 33.2 Å². The first-order chi connectivity index (χ1) is 29.7. The van der Waals surface area contributed by atoms with Crippen LogP contribution in [0.3, 0.4) is 0 Å². The Kier molecular flexibility index (Phi) is 5.85. The van der Waals surface area contributed by atoms with Gasteiger partial charge in [-0.1, -0.05) is 158 Å². The second-order valence-corrected chi connectivity index (χ2v) is 13.6. The van der Waals surface area contributed by atoms with Crippen molar-refractivity contribution >= 4 is 54.1 Å². The first-order valence-electron chi connectivity index (χ1n) is 21.1. The first kappa shape index (κ1) is 25.5. The Hall–Kier alpha value is -7.43. The second-order valence-electron chi connectivity index (χ2n) is 13.6. The minimum absolute atomic E-state index is 0.0357. The van der Waals surface area contributed by atoms with Gasteiger partial charge in [-0.3, -0.25) is 0 Å². The van der Waals surface area contributed by atoms with Crippen LogP contribution in [0.1, 0.15) is 8.22 Å². The van der Waals surface area contributed by atoms with E-state index in [9.17, 15) is 2.74 Å². The van der Waals surface area contributed by atoms with Gasteiger partial charge in [-0.15, -0.1) is 0 Å². The lowest BCUT2D eigenvalue weighted by molar-refractivity contribution is 1.07. The number of aromatic nitrogens is 4. The van der Waals surface area contributed by atoms with Gasteiger partial charge in [0.2, 0.25) is 0 Å². The average molecular weight is 707 g/mol. The van der Waals surface area contributed by atoms with Gasteiger partial charge in [0.1, 0.15) is 0 Å². The number of rotatable bonds is 5. The topological polar surface area (TPSA) is 43.6 Å². The highest BCUT2D eigenvalue weighted by atomic mass is 15.0. The summed E-state index contributed by atoms with van der Waals surface area (Å²) in [6.45, 7) is 0. The van der Waals surface area contributed by atoms with Crippen molar-refractivity contribution in [2.75, 3.05) is 0 Å². The van der Waals surface area contributed by atoms with Gasteiger partial charge >= 0.3 is 0 Å². The van der Waals surface area contributed by atoms with Crippen molar-refractivity contribution in [1.29, 1.82) is 0 Å². The molecule has 0 aliphatic carbocycles. The normalized spacial score (nSPS) is 13.2. The van der Waals surface area contributed by atoms with Crippen molar-refractivity contribution in [3.8, 4) is 51.0 Å². The van der Waals surface area contributed by atoms with Gasteiger partial charge < -0.3 is 4.57 Å². The third-order valence-corrected chi connectivity index (χ3v) is 10.3. The SMILES string of the molecule is [2H]c1cc([2H])c2c(c1[2H])c1c([2H])c([2H])cc([2H])c1n2-c1cc(-c2ccc3c4ccccc4c4ccccc4c3c2)cc(-c2nc(-c3ccccc3)nc(-c3ccccc3)n2)c1. The van der Waals surface area contributed by atoms with Crippen molar-refractivity contribution in [3.63, 3.8) is 0 Å². The number of hydrogen-bond acceptors (Lipinski definition) is 3. The minimum atomic E-state index is -0.171. The number of fused-ring (bicyclic) bond motifs is 9. The second kappa shape index (κ2) is 12.6. The molecule has 4 nitrogen and oxygen atoms in total. The van der Waals surface area contributed by atoms with E-state index >= 15 is 0 Å². The molecule has 0 fully saturated rings. The smallest absolute Gasteiger partial charge is 0.164 e. The molecule has 9 aromatic carbocycles. The number of hydrogen-bond donors (Lipinski definition) is 0. The zero-order valence-electron chi connectivity index (χ0n) is 35.3. The Morgan fingerprint density at radius 3 is 1.33 bits per heavy atom. The van der Waals surface area contributed by atoms with Crippen molar-refractivity contribution in [1.82, 2.24) is 19.5 Å². The molecule has 0 amide bonds. The van der Waals surface area contributed by atoms with Crippen molar-refractivity contribution < 1.29 is 8.22 Å². The van der Waals surface area contributed by atoms with Crippen LogP contribution in [-0.2, 0) is 0 Å². The fourth-order valence-corrected chi connectivity index (χ4v) is 7.83. The average Bonchev–Trinajstić information content (AvgIpc) is 3.68. The molecule has 0 bridgehead atoms. The predicted octanol–water partition coefficient (Wildman–Crippen LogP) is 13.1. The standard InChI is InChI=1S/C51H32N4/c1-3-15-33(16-4-1)49-52-50(34-17-5-2-6-18-34)54-51(53-49)37-29-36(30-38(31-37)55-47-25-13-11-23-44(47)45-24-12-14-26-48(45)55)35-27-28-43-41-21-8-7-19-39(41)40-20-9-10-22-42(40)46(43)32-35/h1-32H/i11D,12D,23D,24D,25D,26D. The molecule has 0 spiro atoms. The summed E-state index contributed by atoms with van der Waals surface area (Å²) in [4.78, 5) is 15.1. The Bertz CT molecular complexity index is 3440. The highest BCUT2D eigenvalue weighted by molar-refractivity contribution is 6.25. The van der Waals surface area contributed by atoms with E-state index < -0.39 is 0 Å².